The maximum atomic E-state index is 12.4. The number of rotatable bonds is 2. The Morgan fingerprint density at radius 1 is 1.47 bits per heavy atom. The van der Waals surface area contributed by atoms with E-state index in [1.54, 1.807) is 11.2 Å². The fourth-order valence-corrected chi connectivity index (χ4v) is 5.06. The lowest BCUT2D eigenvalue weighted by Crippen LogP contribution is -2.45. The highest BCUT2D eigenvalue weighted by Crippen LogP contribution is 2.51. The molecule has 3 rings (SSSR count). The minimum atomic E-state index is 0.0103. The number of hydrogen-bond donors (Lipinski definition) is 1. The maximum Gasteiger partial charge on any atom is 0.234 e. The van der Waals surface area contributed by atoms with E-state index in [1.165, 1.54) is 25.7 Å². The Hall–Kier alpha value is -0.550. The molecular weight excluding hydrogens is 236 g/mol. The number of aliphatic hydroxyl groups is 1. The van der Waals surface area contributed by atoms with Crippen LogP contribution in [0.5, 0.6) is 0 Å². The molecule has 1 saturated heterocycles. The number of fused-ring (bicyclic) bond motifs is 3. The first-order valence-corrected chi connectivity index (χ1v) is 7.35. The lowest BCUT2D eigenvalue weighted by Gasteiger charge is -2.32. The lowest BCUT2D eigenvalue weighted by atomic mass is 9.79. The highest BCUT2D eigenvalue weighted by atomic mass is 32.2. The first kappa shape index (κ1) is 11.5. The second-order valence-corrected chi connectivity index (χ2v) is 6.42. The van der Waals surface area contributed by atoms with E-state index in [4.69, 9.17) is 5.11 Å². The standard InChI is InChI=1S/C12H18N2O2S/c15-6-5-14-7-13-11-10(12(14)16)8-3-1-2-4-9(8)17-11/h7-11,15H,1-6H2. The van der Waals surface area contributed by atoms with Crippen molar-refractivity contribution >= 4 is 24.0 Å². The average molecular weight is 254 g/mol. The van der Waals surface area contributed by atoms with E-state index in [2.05, 4.69) is 4.99 Å². The minimum absolute atomic E-state index is 0.0103. The van der Waals surface area contributed by atoms with Crippen LogP contribution in [0.25, 0.3) is 0 Å². The number of aliphatic imine (C=N–C) groups is 1. The van der Waals surface area contributed by atoms with Crippen molar-refractivity contribution in [2.75, 3.05) is 13.2 Å². The number of aliphatic hydroxyl groups excluding tert-OH is 1. The van der Waals surface area contributed by atoms with E-state index in [-0.39, 0.29) is 23.8 Å². The van der Waals surface area contributed by atoms with E-state index >= 15 is 0 Å². The van der Waals surface area contributed by atoms with Gasteiger partial charge >= 0.3 is 0 Å². The SMILES string of the molecule is O=C1C2C(N=CN1CCO)SC1CCCCC12. The number of β-amino-alcohol motifs (C(OH)–C–C–N with tert-alkyl or cyclic N) is 1. The summed E-state index contributed by atoms with van der Waals surface area (Å²) in [6, 6.07) is 0. The zero-order valence-corrected chi connectivity index (χ0v) is 10.6. The third-order valence-corrected chi connectivity index (χ3v) is 5.73. The number of hydrogen-bond acceptors (Lipinski definition) is 4. The van der Waals surface area contributed by atoms with Crippen molar-refractivity contribution < 1.29 is 9.90 Å². The topological polar surface area (TPSA) is 52.9 Å². The van der Waals surface area contributed by atoms with Crippen LogP contribution < -0.4 is 0 Å². The molecule has 0 aromatic heterocycles. The molecule has 1 saturated carbocycles. The van der Waals surface area contributed by atoms with Gasteiger partial charge in [0.15, 0.2) is 0 Å². The second kappa shape index (κ2) is 4.61. The van der Waals surface area contributed by atoms with E-state index in [1.807, 2.05) is 11.8 Å². The normalized spacial score (nSPS) is 40.3. The Labute approximate surface area is 105 Å². The van der Waals surface area contributed by atoms with Gasteiger partial charge in [0.2, 0.25) is 5.91 Å². The van der Waals surface area contributed by atoms with Crippen molar-refractivity contribution in [3.05, 3.63) is 0 Å². The Bertz CT molecular complexity index is 347. The van der Waals surface area contributed by atoms with Gasteiger partial charge in [-0.2, -0.15) is 0 Å². The highest BCUT2D eigenvalue weighted by molar-refractivity contribution is 8.00. The Kier molecular flexibility index (Phi) is 3.13. The molecule has 4 unspecified atom stereocenters. The van der Waals surface area contributed by atoms with Crippen molar-refractivity contribution in [1.29, 1.82) is 0 Å². The molecule has 94 valence electrons. The van der Waals surface area contributed by atoms with Crippen LogP contribution in [-0.2, 0) is 4.79 Å². The summed E-state index contributed by atoms with van der Waals surface area (Å²) < 4.78 is 0. The first-order valence-electron chi connectivity index (χ1n) is 6.41. The van der Waals surface area contributed by atoms with Gasteiger partial charge in [-0.25, -0.2) is 0 Å². The van der Waals surface area contributed by atoms with Gasteiger partial charge in [-0.15, -0.1) is 11.8 Å². The number of thioether (sulfide) groups is 1. The number of carbonyl (C=O) groups is 1. The summed E-state index contributed by atoms with van der Waals surface area (Å²) in [6.07, 6.45) is 6.59. The molecule has 2 aliphatic heterocycles. The smallest absolute Gasteiger partial charge is 0.234 e. The molecule has 3 aliphatic rings. The van der Waals surface area contributed by atoms with Crippen molar-refractivity contribution in [2.45, 2.75) is 36.3 Å². The molecule has 2 fully saturated rings. The van der Waals surface area contributed by atoms with Crippen LogP contribution in [0.2, 0.25) is 0 Å². The molecule has 4 atom stereocenters. The summed E-state index contributed by atoms with van der Waals surface area (Å²) in [5, 5.41) is 9.73. The largest absolute Gasteiger partial charge is 0.395 e. The van der Waals surface area contributed by atoms with Crippen LogP contribution in [0.3, 0.4) is 0 Å². The van der Waals surface area contributed by atoms with Gasteiger partial charge < -0.3 is 10.0 Å². The summed E-state index contributed by atoms with van der Waals surface area (Å²) in [5.74, 6) is 0.771. The Morgan fingerprint density at radius 2 is 2.29 bits per heavy atom. The molecule has 0 aromatic carbocycles. The fraction of sp³-hybridized carbons (Fsp3) is 0.833. The van der Waals surface area contributed by atoms with Gasteiger partial charge in [-0.05, 0) is 18.8 Å². The molecule has 0 aromatic rings. The molecule has 0 bridgehead atoms. The number of carbonyl (C=O) groups excluding carboxylic acids is 1. The summed E-state index contributed by atoms with van der Waals surface area (Å²) >= 11 is 1.89. The molecule has 0 radical (unpaired) electrons. The second-order valence-electron chi connectivity index (χ2n) is 5.06. The molecule has 1 aliphatic carbocycles. The van der Waals surface area contributed by atoms with Gasteiger partial charge in [0, 0.05) is 11.8 Å². The predicted molar refractivity (Wildman–Crippen MR) is 67.9 cm³/mol. The molecular formula is C12H18N2O2S. The highest BCUT2D eigenvalue weighted by Gasteiger charge is 2.50. The zero-order chi connectivity index (χ0) is 11.8. The van der Waals surface area contributed by atoms with Crippen molar-refractivity contribution in [2.24, 2.45) is 16.8 Å². The summed E-state index contributed by atoms with van der Waals surface area (Å²) in [5.41, 5.74) is 0. The molecule has 5 heteroatoms. The van der Waals surface area contributed by atoms with Gasteiger partial charge in [0.05, 0.1) is 18.9 Å². The van der Waals surface area contributed by atoms with Gasteiger partial charge in [-0.1, -0.05) is 12.8 Å². The molecule has 1 N–H and O–H groups in total. The molecule has 2 heterocycles. The average Bonchev–Trinajstić information content (AvgIpc) is 2.72. The lowest BCUT2D eigenvalue weighted by molar-refractivity contribution is -0.134. The monoisotopic (exact) mass is 254 g/mol. The van der Waals surface area contributed by atoms with Crippen LogP contribution in [-0.4, -0.2) is 46.0 Å². The van der Waals surface area contributed by atoms with Crippen LogP contribution in [0.15, 0.2) is 4.99 Å². The zero-order valence-electron chi connectivity index (χ0n) is 9.79. The predicted octanol–water partition coefficient (Wildman–Crippen LogP) is 1.10. The van der Waals surface area contributed by atoms with E-state index in [0.717, 1.165) is 0 Å². The summed E-state index contributed by atoms with van der Waals surface area (Å²) in [4.78, 5) is 18.5. The van der Waals surface area contributed by atoms with Gasteiger partial charge in [0.25, 0.3) is 0 Å². The first-order chi connectivity index (χ1) is 8.31. The molecule has 4 nitrogen and oxygen atoms in total. The van der Waals surface area contributed by atoms with Crippen molar-refractivity contribution in [1.82, 2.24) is 4.90 Å². The van der Waals surface area contributed by atoms with Crippen molar-refractivity contribution in [3.63, 3.8) is 0 Å². The van der Waals surface area contributed by atoms with Gasteiger partial charge in [-0.3, -0.25) is 9.79 Å². The van der Waals surface area contributed by atoms with Crippen molar-refractivity contribution in [3.8, 4) is 0 Å². The third kappa shape index (κ3) is 1.89. The number of nitrogens with zero attached hydrogens (tertiary/aromatic N) is 2. The fourth-order valence-electron chi connectivity index (χ4n) is 3.28. The van der Waals surface area contributed by atoms with Crippen LogP contribution in [0.1, 0.15) is 25.7 Å². The molecule has 0 spiro atoms. The van der Waals surface area contributed by atoms with Crippen LogP contribution in [0.4, 0.5) is 0 Å². The number of amides is 1. The quantitative estimate of drug-likeness (QED) is 0.803. The van der Waals surface area contributed by atoms with Gasteiger partial charge in [0.1, 0.15) is 5.37 Å². The third-order valence-electron chi connectivity index (χ3n) is 4.10. The summed E-state index contributed by atoms with van der Waals surface area (Å²) in [6.45, 7) is 0.393. The minimum Gasteiger partial charge on any atom is -0.395 e. The maximum absolute atomic E-state index is 12.4. The van der Waals surface area contributed by atoms with E-state index in [0.29, 0.717) is 17.7 Å². The molecule has 17 heavy (non-hydrogen) atoms. The van der Waals surface area contributed by atoms with E-state index in [9.17, 15) is 4.79 Å². The van der Waals surface area contributed by atoms with Crippen LogP contribution >= 0.6 is 11.8 Å². The molecule has 1 amide bonds. The summed E-state index contributed by atoms with van der Waals surface area (Å²) in [7, 11) is 0. The van der Waals surface area contributed by atoms with Crippen LogP contribution in [0, 0.1) is 11.8 Å². The van der Waals surface area contributed by atoms with E-state index < -0.39 is 0 Å². The Morgan fingerprint density at radius 3 is 3.12 bits per heavy atom. The Balaban J connectivity index is 1.81.